The number of aromatic nitrogens is 1. The van der Waals surface area contributed by atoms with Crippen LogP contribution in [-0.2, 0) is 6.42 Å². The molecule has 0 spiro atoms. The predicted octanol–water partition coefficient (Wildman–Crippen LogP) is 2.64. The number of halogens is 3. The molecule has 0 atom stereocenters. The number of nitrogen functional groups attached to an aromatic ring is 1. The molecule has 112 valence electrons. The Hall–Kier alpha value is -1.79. The summed E-state index contributed by atoms with van der Waals surface area (Å²) in [5, 5.41) is 0. The minimum absolute atomic E-state index is 0.198. The van der Waals surface area contributed by atoms with Gasteiger partial charge >= 0.3 is 6.18 Å². The van der Waals surface area contributed by atoms with Crippen LogP contribution in [0.25, 0.3) is 0 Å². The molecule has 0 aromatic carbocycles. The number of pyridine rings is 1. The zero-order valence-corrected chi connectivity index (χ0v) is 11.5. The van der Waals surface area contributed by atoms with E-state index in [0.29, 0.717) is 12.1 Å². The number of aryl methyl sites for hydroxylation is 1. The van der Waals surface area contributed by atoms with Crippen LogP contribution in [-0.4, -0.2) is 35.6 Å². The topological polar surface area (TPSA) is 59.2 Å². The molecule has 0 radical (unpaired) electrons. The number of amides is 1. The molecule has 0 fully saturated rings. The molecule has 1 aromatic rings. The number of hydrogen-bond acceptors (Lipinski definition) is 3. The van der Waals surface area contributed by atoms with Gasteiger partial charge in [0.15, 0.2) is 0 Å². The van der Waals surface area contributed by atoms with Gasteiger partial charge in [-0.25, -0.2) is 4.98 Å². The minimum atomic E-state index is -4.28. The van der Waals surface area contributed by atoms with Gasteiger partial charge in [-0.15, -0.1) is 0 Å². The van der Waals surface area contributed by atoms with E-state index in [1.165, 1.54) is 13.1 Å². The van der Waals surface area contributed by atoms with E-state index in [2.05, 4.69) is 4.98 Å². The second-order valence-corrected chi connectivity index (χ2v) is 4.61. The Kier molecular flexibility index (Phi) is 5.35. The molecule has 0 bridgehead atoms. The Labute approximate surface area is 115 Å². The third kappa shape index (κ3) is 5.07. The largest absolute Gasteiger partial charge is 0.390 e. The monoisotopic (exact) mass is 289 g/mol. The number of hydrogen-bond donors (Lipinski definition) is 1. The first-order valence-electron chi connectivity index (χ1n) is 6.31. The summed E-state index contributed by atoms with van der Waals surface area (Å²) in [6.45, 7) is 1.58. The highest BCUT2D eigenvalue weighted by Crippen LogP contribution is 2.20. The molecular weight excluding hydrogens is 271 g/mol. The van der Waals surface area contributed by atoms with Gasteiger partial charge in [0.1, 0.15) is 5.82 Å². The summed E-state index contributed by atoms with van der Waals surface area (Å²) in [5.74, 6) is -0.288. The molecule has 0 aliphatic rings. The Morgan fingerprint density at radius 2 is 2.05 bits per heavy atom. The minimum Gasteiger partial charge on any atom is -0.384 e. The van der Waals surface area contributed by atoms with Crippen molar-refractivity contribution in [1.82, 2.24) is 9.88 Å². The van der Waals surface area contributed by atoms with Crippen molar-refractivity contribution in [1.29, 1.82) is 0 Å². The van der Waals surface area contributed by atoms with Crippen molar-refractivity contribution in [3.63, 3.8) is 0 Å². The van der Waals surface area contributed by atoms with Crippen LogP contribution in [0.15, 0.2) is 12.1 Å². The lowest BCUT2D eigenvalue weighted by molar-refractivity contribution is -0.136. The van der Waals surface area contributed by atoms with E-state index in [1.54, 1.807) is 6.07 Å². The van der Waals surface area contributed by atoms with Crippen LogP contribution in [0.5, 0.6) is 0 Å². The Morgan fingerprint density at radius 3 is 2.60 bits per heavy atom. The average Bonchev–Trinajstić information content (AvgIpc) is 2.34. The van der Waals surface area contributed by atoms with Crippen molar-refractivity contribution < 1.29 is 18.0 Å². The van der Waals surface area contributed by atoms with Gasteiger partial charge in [0.25, 0.3) is 5.91 Å². The predicted molar refractivity (Wildman–Crippen MR) is 70.3 cm³/mol. The first-order chi connectivity index (χ1) is 9.23. The zero-order valence-electron chi connectivity index (χ0n) is 11.5. The molecule has 1 heterocycles. The van der Waals surface area contributed by atoms with Crippen molar-refractivity contribution in [2.45, 2.75) is 32.4 Å². The molecule has 1 aromatic heterocycles. The van der Waals surface area contributed by atoms with Crippen LogP contribution >= 0.6 is 0 Å². The van der Waals surface area contributed by atoms with Crippen molar-refractivity contribution in [2.75, 3.05) is 19.3 Å². The molecule has 1 rings (SSSR count). The van der Waals surface area contributed by atoms with Crippen molar-refractivity contribution >= 4 is 11.7 Å². The van der Waals surface area contributed by atoms with Gasteiger partial charge in [0.05, 0.1) is 6.42 Å². The number of carbonyl (C=O) groups excluding carboxylic acids is 1. The molecular formula is C13H18F3N3O. The highest BCUT2D eigenvalue weighted by atomic mass is 19.4. The Morgan fingerprint density at radius 1 is 1.40 bits per heavy atom. The Balaban J connectivity index is 2.80. The first kappa shape index (κ1) is 16.3. The van der Waals surface area contributed by atoms with E-state index in [-0.39, 0.29) is 17.9 Å². The third-order valence-corrected chi connectivity index (χ3v) is 2.73. The van der Waals surface area contributed by atoms with E-state index >= 15 is 0 Å². The van der Waals surface area contributed by atoms with Gasteiger partial charge in [0, 0.05) is 24.8 Å². The lowest BCUT2D eigenvalue weighted by atomic mass is 10.1. The number of nitrogens with two attached hydrogens (primary N) is 1. The fourth-order valence-electron chi connectivity index (χ4n) is 1.73. The van der Waals surface area contributed by atoms with Crippen molar-refractivity contribution in [3.05, 3.63) is 23.4 Å². The Bertz CT molecular complexity index is 474. The highest BCUT2D eigenvalue weighted by molar-refractivity contribution is 5.94. The molecule has 1 amide bonds. The van der Waals surface area contributed by atoms with Gasteiger partial charge in [0.2, 0.25) is 0 Å². The molecule has 0 aliphatic carbocycles. The number of carbonyl (C=O) groups is 1. The van der Waals surface area contributed by atoms with Gasteiger partial charge in [-0.05, 0) is 18.6 Å². The lowest BCUT2D eigenvalue weighted by Gasteiger charge is -2.18. The van der Waals surface area contributed by atoms with Gasteiger partial charge < -0.3 is 10.6 Å². The van der Waals surface area contributed by atoms with E-state index in [9.17, 15) is 18.0 Å². The maximum atomic E-state index is 12.1. The zero-order chi connectivity index (χ0) is 15.3. The summed E-state index contributed by atoms with van der Waals surface area (Å²) < 4.78 is 36.4. The summed E-state index contributed by atoms with van der Waals surface area (Å²) in [6, 6.07) is 2.96. The fraction of sp³-hybridized carbons (Fsp3) is 0.538. The van der Waals surface area contributed by atoms with Gasteiger partial charge in [-0.2, -0.15) is 13.2 Å². The molecule has 20 heavy (non-hydrogen) atoms. The van der Waals surface area contributed by atoms with E-state index in [0.717, 1.165) is 11.3 Å². The summed E-state index contributed by atoms with van der Waals surface area (Å²) in [4.78, 5) is 17.2. The number of anilines is 1. The van der Waals surface area contributed by atoms with E-state index in [1.807, 2.05) is 6.92 Å². The number of nitrogens with zero attached hydrogens (tertiary/aromatic N) is 2. The highest BCUT2D eigenvalue weighted by Gasteiger charge is 2.28. The molecule has 4 nitrogen and oxygen atoms in total. The number of rotatable bonds is 5. The van der Waals surface area contributed by atoms with Crippen molar-refractivity contribution in [2.24, 2.45) is 0 Å². The van der Waals surface area contributed by atoms with Crippen LogP contribution in [0, 0.1) is 0 Å². The van der Waals surface area contributed by atoms with Crippen LogP contribution in [0.1, 0.15) is 35.8 Å². The van der Waals surface area contributed by atoms with Crippen LogP contribution < -0.4 is 5.73 Å². The van der Waals surface area contributed by atoms with Crippen LogP contribution in [0.3, 0.4) is 0 Å². The van der Waals surface area contributed by atoms with Crippen LogP contribution in [0.4, 0.5) is 19.0 Å². The van der Waals surface area contributed by atoms with Crippen LogP contribution in [0.2, 0.25) is 0 Å². The van der Waals surface area contributed by atoms with Gasteiger partial charge in [-0.3, -0.25) is 4.79 Å². The standard InChI is InChI=1S/C13H18F3N3O/c1-3-4-10-7-9(8-11(17)18-10)12(20)19(2)6-5-13(14,15)16/h7-8H,3-6H2,1-2H3,(H2,17,18). The first-order valence-corrected chi connectivity index (χ1v) is 6.31. The molecule has 0 unspecified atom stereocenters. The fourth-order valence-corrected chi connectivity index (χ4v) is 1.73. The summed E-state index contributed by atoms with van der Waals surface area (Å²) in [5.41, 5.74) is 6.54. The SMILES string of the molecule is CCCc1cc(C(=O)N(C)CCC(F)(F)F)cc(N)n1. The second kappa shape index (κ2) is 6.58. The summed E-state index contributed by atoms with van der Waals surface area (Å²) in [6.07, 6.45) is -3.80. The van der Waals surface area contributed by atoms with E-state index < -0.39 is 18.5 Å². The quantitative estimate of drug-likeness (QED) is 0.906. The smallest absolute Gasteiger partial charge is 0.384 e. The summed E-state index contributed by atoms with van der Waals surface area (Å²) >= 11 is 0. The maximum absolute atomic E-state index is 12.1. The normalized spacial score (nSPS) is 11.4. The lowest BCUT2D eigenvalue weighted by Crippen LogP contribution is -2.30. The summed E-state index contributed by atoms with van der Waals surface area (Å²) in [7, 11) is 1.34. The van der Waals surface area contributed by atoms with E-state index in [4.69, 9.17) is 5.73 Å². The van der Waals surface area contributed by atoms with Crippen molar-refractivity contribution in [3.8, 4) is 0 Å². The molecule has 7 heteroatoms. The average molecular weight is 289 g/mol. The molecule has 0 aliphatic heterocycles. The maximum Gasteiger partial charge on any atom is 0.390 e. The molecule has 0 saturated heterocycles. The van der Waals surface area contributed by atoms with Gasteiger partial charge in [-0.1, -0.05) is 13.3 Å². The molecule has 2 N–H and O–H groups in total. The second-order valence-electron chi connectivity index (χ2n) is 4.61. The number of alkyl halides is 3. The third-order valence-electron chi connectivity index (χ3n) is 2.73. The molecule has 0 saturated carbocycles.